The van der Waals surface area contributed by atoms with Gasteiger partial charge in [0.15, 0.2) is 0 Å². The van der Waals surface area contributed by atoms with Gasteiger partial charge in [-0.25, -0.2) is 4.39 Å². The van der Waals surface area contributed by atoms with E-state index in [-0.39, 0.29) is 11.8 Å². The summed E-state index contributed by atoms with van der Waals surface area (Å²) in [6.45, 7) is 3.24. The molecule has 0 radical (unpaired) electrons. The van der Waals surface area contributed by atoms with Crippen LogP contribution in [0.5, 0.6) is 0 Å². The number of carbonyl (C=O) groups is 1. The van der Waals surface area contributed by atoms with Gasteiger partial charge in [0.05, 0.1) is 0 Å². The highest BCUT2D eigenvalue weighted by Gasteiger charge is 1.97. The lowest BCUT2D eigenvalue weighted by atomic mass is 10.2. The Morgan fingerprint density at radius 3 is 3.00 bits per heavy atom. The SMILES string of the molecule is CCC(=O)OCCNCc1cccc(F)c1. The molecule has 0 spiro atoms. The molecule has 1 aromatic rings. The Labute approximate surface area is 94.6 Å². The van der Waals surface area contributed by atoms with Gasteiger partial charge in [0.1, 0.15) is 12.4 Å². The topological polar surface area (TPSA) is 38.3 Å². The van der Waals surface area contributed by atoms with Crippen molar-refractivity contribution in [3.63, 3.8) is 0 Å². The maximum absolute atomic E-state index is 12.8. The molecule has 1 aromatic carbocycles. The summed E-state index contributed by atoms with van der Waals surface area (Å²) in [5, 5.41) is 3.06. The third-order valence-corrected chi connectivity index (χ3v) is 2.05. The van der Waals surface area contributed by atoms with E-state index in [0.29, 0.717) is 26.1 Å². The Morgan fingerprint density at radius 2 is 2.31 bits per heavy atom. The molecule has 0 aliphatic rings. The van der Waals surface area contributed by atoms with Crippen molar-refractivity contribution in [3.8, 4) is 0 Å². The Bertz CT molecular complexity index is 342. The molecular formula is C12H16FNO2. The number of halogens is 1. The van der Waals surface area contributed by atoms with Crippen molar-refractivity contribution in [1.82, 2.24) is 5.32 Å². The summed E-state index contributed by atoms with van der Waals surface area (Å²) in [6.07, 6.45) is 0.393. The van der Waals surface area contributed by atoms with Crippen molar-refractivity contribution in [3.05, 3.63) is 35.6 Å². The summed E-state index contributed by atoms with van der Waals surface area (Å²) in [4.78, 5) is 10.8. The zero-order chi connectivity index (χ0) is 11.8. The van der Waals surface area contributed by atoms with Gasteiger partial charge in [-0.1, -0.05) is 19.1 Å². The normalized spacial score (nSPS) is 10.1. The van der Waals surface area contributed by atoms with Gasteiger partial charge in [-0.2, -0.15) is 0 Å². The molecule has 16 heavy (non-hydrogen) atoms. The van der Waals surface area contributed by atoms with Crippen LogP contribution in [0, 0.1) is 5.82 Å². The summed E-state index contributed by atoms with van der Waals surface area (Å²) < 4.78 is 17.7. The number of esters is 1. The zero-order valence-electron chi connectivity index (χ0n) is 9.33. The summed E-state index contributed by atoms with van der Waals surface area (Å²) in [7, 11) is 0. The molecule has 1 rings (SSSR count). The van der Waals surface area contributed by atoms with Crippen LogP contribution in [-0.4, -0.2) is 19.1 Å². The van der Waals surface area contributed by atoms with Gasteiger partial charge in [0.2, 0.25) is 0 Å². The van der Waals surface area contributed by atoms with Crippen LogP contribution in [0.3, 0.4) is 0 Å². The average molecular weight is 225 g/mol. The van der Waals surface area contributed by atoms with E-state index in [1.54, 1.807) is 13.0 Å². The molecular weight excluding hydrogens is 209 g/mol. The summed E-state index contributed by atoms with van der Waals surface area (Å²) in [6, 6.07) is 6.40. The van der Waals surface area contributed by atoms with Crippen molar-refractivity contribution < 1.29 is 13.9 Å². The van der Waals surface area contributed by atoms with Crippen LogP contribution in [0.25, 0.3) is 0 Å². The van der Waals surface area contributed by atoms with Gasteiger partial charge in [-0.3, -0.25) is 4.79 Å². The highest BCUT2D eigenvalue weighted by molar-refractivity contribution is 5.68. The predicted octanol–water partition coefficient (Wildman–Crippen LogP) is 1.87. The number of ether oxygens (including phenoxy) is 1. The smallest absolute Gasteiger partial charge is 0.305 e. The Morgan fingerprint density at radius 1 is 1.50 bits per heavy atom. The number of hydrogen-bond donors (Lipinski definition) is 1. The third kappa shape index (κ3) is 4.89. The van der Waals surface area contributed by atoms with Crippen LogP contribution in [0.15, 0.2) is 24.3 Å². The molecule has 0 aromatic heterocycles. The van der Waals surface area contributed by atoms with E-state index in [1.165, 1.54) is 12.1 Å². The van der Waals surface area contributed by atoms with Crippen LogP contribution < -0.4 is 5.32 Å². The molecule has 0 saturated heterocycles. The number of benzene rings is 1. The van der Waals surface area contributed by atoms with Crippen LogP contribution >= 0.6 is 0 Å². The molecule has 0 amide bonds. The fourth-order valence-electron chi connectivity index (χ4n) is 1.22. The van der Waals surface area contributed by atoms with E-state index in [4.69, 9.17) is 4.74 Å². The second-order valence-electron chi connectivity index (χ2n) is 3.38. The lowest BCUT2D eigenvalue weighted by Gasteiger charge is -2.05. The minimum Gasteiger partial charge on any atom is -0.464 e. The highest BCUT2D eigenvalue weighted by atomic mass is 19.1. The average Bonchev–Trinajstić information content (AvgIpc) is 2.28. The number of nitrogens with one attached hydrogen (secondary N) is 1. The first-order chi connectivity index (χ1) is 7.72. The van der Waals surface area contributed by atoms with E-state index in [9.17, 15) is 9.18 Å². The van der Waals surface area contributed by atoms with Crippen molar-refractivity contribution in [1.29, 1.82) is 0 Å². The van der Waals surface area contributed by atoms with Crippen molar-refractivity contribution in [2.75, 3.05) is 13.2 Å². The van der Waals surface area contributed by atoms with Crippen LogP contribution in [0.4, 0.5) is 4.39 Å². The zero-order valence-corrected chi connectivity index (χ0v) is 9.33. The van der Waals surface area contributed by atoms with Gasteiger partial charge in [-0.15, -0.1) is 0 Å². The predicted molar refractivity (Wildman–Crippen MR) is 59.4 cm³/mol. The molecule has 0 atom stereocenters. The molecule has 1 N–H and O–H groups in total. The highest BCUT2D eigenvalue weighted by Crippen LogP contribution is 2.02. The lowest BCUT2D eigenvalue weighted by Crippen LogP contribution is -2.20. The molecule has 0 fully saturated rings. The fraction of sp³-hybridized carbons (Fsp3) is 0.417. The first-order valence-electron chi connectivity index (χ1n) is 5.33. The minimum atomic E-state index is -0.239. The van der Waals surface area contributed by atoms with E-state index in [1.807, 2.05) is 6.07 Å². The first-order valence-corrected chi connectivity index (χ1v) is 5.33. The maximum atomic E-state index is 12.8. The second-order valence-corrected chi connectivity index (χ2v) is 3.38. The van der Waals surface area contributed by atoms with Gasteiger partial charge in [-0.05, 0) is 17.7 Å². The molecule has 0 unspecified atom stereocenters. The largest absolute Gasteiger partial charge is 0.464 e. The van der Waals surface area contributed by atoms with Crippen molar-refractivity contribution >= 4 is 5.97 Å². The summed E-state index contributed by atoms with van der Waals surface area (Å²) in [5.41, 5.74) is 0.877. The third-order valence-electron chi connectivity index (χ3n) is 2.05. The molecule has 0 heterocycles. The van der Waals surface area contributed by atoms with Crippen LogP contribution in [-0.2, 0) is 16.1 Å². The number of rotatable bonds is 6. The fourth-order valence-corrected chi connectivity index (χ4v) is 1.22. The van der Waals surface area contributed by atoms with E-state index in [0.717, 1.165) is 5.56 Å². The van der Waals surface area contributed by atoms with E-state index in [2.05, 4.69) is 5.32 Å². The number of carbonyl (C=O) groups excluding carboxylic acids is 1. The Hall–Kier alpha value is -1.42. The van der Waals surface area contributed by atoms with E-state index < -0.39 is 0 Å². The first kappa shape index (κ1) is 12.6. The van der Waals surface area contributed by atoms with Gasteiger partial charge in [0.25, 0.3) is 0 Å². The monoisotopic (exact) mass is 225 g/mol. The molecule has 88 valence electrons. The molecule has 0 saturated carbocycles. The summed E-state index contributed by atoms with van der Waals surface area (Å²) in [5.74, 6) is -0.440. The molecule has 0 aliphatic carbocycles. The van der Waals surface area contributed by atoms with Crippen molar-refractivity contribution in [2.24, 2.45) is 0 Å². The lowest BCUT2D eigenvalue weighted by molar-refractivity contribution is -0.143. The van der Waals surface area contributed by atoms with E-state index >= 15 is 0 Å². The minimum absolute atomic E-state index is 0.201. The standard InChI is InChI=1S/C12H16FNO2/c1-2-12(15)16-7-6-14-9-10-4-3-5-11(13)8-10/h3-5,8,14H,2,6-7,9H2,1H3. The Kier molecular flexibility index (Phi) is 5.50. The molecule has 3 nitrogen and oxygen atoms in total. The summed E-state index contributed by atoms with van der Waals surface area (Å²) >= 11 is 0. The quantitative estimate of drug-likeness (QED) is 0.593. The van der Waals surface area contributed by atoms with Crippen LogP contribution in [0.1, 0.15) is 18.9 Å². The number of hydrogen-bond acceptors (Lipinski definition) is 3. The van der Waals surface area contributed by atoms with Crippen molar-refractivity contribution in [2.45, 2.75) is 19.9 Å². The van der Waals surface area contributed by atoms with Gasteiger partial charge >= 0.3 is 5.97 Å². The van der Waals surface area contributed by atoms with Gasteiger partial charge in [0, 0.05) is 19.5 Å². The van der Waals surface area contributed by atoms with Crippen LogP contribution in [0.2, 0.25) is 0 Å². The maximum Gasteiger partial charge on any atom is 0.305 e. The molecule has 4 heteroatoms. The van der Waals surface area contributed by atoms with Gasteiger partial charge < -0.3 is 10.1 Å². The second kappa shape index (κ2) is 6.95. The molecule has 0 bridgehead atoms. The Balaban J connectivity index is 2.14. The molecule has 0 aliphatic heterocycles.